The SMILES string of the molecule is COc1cc(NC(=O)c2ccccc2)c(OC)cc1NC(=O)Cn1ncc2ccccc2c1=O. The Morgan fingerprint density at radius 1 is 0.882 bits per heavy atom. The van der Waals surface area contributed by atoms with E-state index in [0.29, 0.717) is 39.2 Å². The molecule has 0 bridgehead atoms. The molecule has 3 aromatic carbocycles. The molecule has 4 aromatic rings. The van der Waals surface area contributed by atoms with Crippen molar-refractivity contribution in [1.29, 1.82) is 0 Å². The minimum atomic E-state index is -0.480. The number of nitrogens with zero attached hydrogens (tertiary/aromatic N) is 2. The van der Waals surface area contributed by atoms with E-state index in [1.165, 1.54) is 26.5 Å². The predicted octanol–water partition coefficient (Wildman–Crippen LogP) is 3.30. The number of benzene rings is 3. The molecular weight excluding hydrogens is 436 g/mol. The Kier molecular flexibility index (Phi) is 6.54. The van der Waals surface area contributed by atoms with Gasteiger partial charge in [0.15, 0.2) is 0 Å². The summed E-state index contributed by atoms with van der Waals surface area (Å²) in [6, 6.07) is 18.8. The zero-order valence-electron chi connectivity index (χ0n) is 18.6. The Balaban J connectivity index is 1.56. The van der Waals surface area contributed by atoms with Gasteiger partial charge in [-0.05, 0) is 18.2 Å². The molecule has 0 aliphatic rings. The van der Waals surface area contributed by atoms with Crippen LogP contribution in [0.2, 0.25) is 0 Å². The summed E-state index contributed by atoms with van der Waals surface area (Å²) in [4.78, 5) is 37.9. The van der Waals surface area contributed by atoms with Crippen LogP contribution in [0.3, 0.4) is 0 Å². The minimum absolute atomic E-state index is 0.290. The first-order valence-corrected chi connectivity index (χ1v) is 10.4. The number of methoxy groups -OCH3 is 2. The van der Waals surface area contributed by atoms with Gasteiger partial charge in [0.1, 0.15) is 18.0 Å². The van der Waals surface area contributed by atoms with Gasteiger partial charge in [-0.2, -0.15) is 5.10 Å². The van der Waals surface area contributed by atoms with Crippen LogP contribution in [0.5, 0.6) is 11.5 Å². The lowest BCUT2D eigenvalue weighted by Gasteiger charge is -2.16. The third kappa shape index (κ3) is 4.73. The molecule has 4 rings (SSSR count). The Morgan fingerprint density at radius 2 is 1.50 bits per heavy atom. The average molecular weight is 458 g/mol. The van der Waals surface area contributed by atoms with Crippen molar-refractivity contribution in [2.45, 2.75) is 6.54 Å². The van der Waals surface area contributed by atoms with E-state index < -0.39 is 5.91 Å². The van der Waals surface area contributed by atoms with Crippen molar-refractivity contribution in [1.82, 2.24) is 9.78 Å². The Hall–Kier alpha value is -4.66. The summed E-state index contributed by atoms with van der Waals surface area (Å²) in [5.74, 6) is -0.177. The quantitative estimate of drug-likeness (QED) is 0.440. The number of rotatable bonds is 7. The number of hydrogen-bond donors (Lipinski definition) is 2. The molecule has 0 saturated heterocycles. The number of amides is 2. The first kappa shape index (κ1) is 22.5. The normalized spacial score (nSPS) is 10.5. The average Bonchev–Trinajstić information content (AvgIpc) is 2.87. The van der Waals surface area contributed by atoms with Crippen LogP contribution in [0.25, 0.3) is 10.8 Å². The van der Waals surface area contributed by atoms with Crippen LogP contribution in [0, 0.1) is 0 Å². The van der Waals surface area contributed by atoms with Crippen LogP contribution in [0.4, 0.5) is 11.4 Å². The van der Waals surface area contributed by atoms with E-state index in [1.54, 1.807) is 48.5 Å². The third-order valence-corrected chi connectivity index (χ3v) is 5.14. The molecule has 9 heteroatoms. The summed E-state index contributed by atoms with van der Waals surface area (Å²) in [5.41, 5.74) is 0.806. The van der Waals surface area contributed by atoms with Gasteiger partial charge in [-0.1, -0.05) is 36.4 Å². The fraction of sp³-hybridized carbons (Fsp3) is 0.120. The van der Waals surface area contributed by atoms with Crippen molar-refractivity contribution in [3.8, 4) is 11.5 Å². The number of anilines is 2. The van der Waals surface area contributed by atoms with Crippen LogP contribution < -0.4 is 25.7 Å². The van der Waals surface area contributed by atoms with Crippen molar-refractivity contribution < 1.29 is 19.1 Å². The van der Waals surface area contributed by atoms with Crippen molar-refractivity contribution in [3.63, 3.8) is 0 Å². The van der Waals surface area contributed by atoms with E-state index in [0.717, 1.165) is 4.68 Å². The maximum Gasteiger partial charge on any atom is 0.275 e. The molecule has 0 unspecified atom stereocenters. The summed E-state index contributed by atoms with van der Waals surface area (Å²) >= 11 is 0. The standard InChI is InChI=1S/C25H22N4O5/c1-33-21-13-20(28-24(31)16-8-4-3-5-9-16)22(34-2)12-19(21)27-23(30)15-29-25(32)18-11-7-6-10-17(18)14-26-29/h3-14H,15H2,1-2H3,(H,27,30)(H,28,31). The molecular formula is C25H22N4O5. The maximum atomic E-state index is 12.7. The molecule has 0 fully saturated rings. The molecule has 0 radical (unpaired) electrons. The first-order valence-electron chi connectivity index (χ1n) is 10.4. The fourth-order valence-corrected chi connectivity index (χ4v) is 3.44. The van der Waals surface area contributed by atoms with Gasteiger partial charge in [0.25, 0.3) is 11.5 Å². The van der Waals surface area contributed by atoms with E-state index in [1.807, 2.05) is 12.1 Å². The minimum Gasteiger partial charge on any atom is -0.494 e. The predicted molar refractivity (Wildman–Crippen MR) is 129 cm³/mol. The van der Waals surface area contributed by atoms with E-state index in [2.05, 4.69) is 15.7 Å². The number of hydrogen-bond acceptors (Lipinski definition) is 6. The van der Waals surface area contributed by atoms with Crippen LogP contribution in [0.15, 0.2) is 77.7 Å². The zero-order valence-corrected chi connectivity index (χ0v) is 18.6. The molecule has 1 aromatic heterocycles. The summed E-state index contributed by atoms with van der Waals surface area (Å²) in [6.45, 7) is -0.290. The number of ether oxygens (including phenoxy) is 2. The Bertz CT molecular complexity index is 1420. The highest BCUT2D eigenvalue weighted by Gasteiger charge is 2.17. The second-order valence-corrected chi connectivity index (χ2v) is 7.32. The summed E-state index contributed by atoms with van der Waals surface area (Å²) < 4.78 is 11.9. The van der Waals surface area contributed by atoms with E-state index in [4.69, 9.17) is 9.47 Å². The van der Waals surface area contributed by atoms with Gasteiger partial charge in [-0.15, -0.1) is 0 Å². The monoisotopic (exact) mass is 458 g/mol. The highest BCUT2D eigenvalue weighted by atomic mass is 16.5. The van der Waals surface area contributed by atoms with Crippen LogP contribution in [-0.4, -0.2) is 35.8 Å². The Labute approximate surface area is 194 Å². The molecule has 34 heavy (non-hydrogen) atoms. The van der Waals surface area contributed by atoms with Crippen LogP contribution in [0.1, 0.15) is 10.4 Å². The fourth-order valence-electron chi connectivity index (χ4n) is 3.44. The molecule has 0 aliphatic heterocycles. The second kappa shape index (κ2) is 9.86. The van der Waals surface area contributed by atoms with Gasteiger partial charge in [0.05, 0.1) is 37.2 Å². The van der Waals surface area contributed by atoms with Crippen molar-refractivity contribution in [3.05, 3.63) is 88.8 Å². The van der Waals surface area contributed by atoms with E-state index in [9.17, 15) is 14.4 Å². The largest absolute Gasteiger partial charge is 0.494 e. The molecule has 0 aliphatic carbocycles. The third-order valence-electron chi connectivity index (χ3n) is 5.14. The molecule has 2 N–H and O–H groups in total. The number of aromatic nitrogens is 2. The second-order valence-electron chi connectivity index (χ2n) is 7.32. The van der Waals surface area contributed by atoms with Crippen molar-refractivity contribution in [2.75, 3.05) is 24.9 Å². The van der Waals surface area contributed by atoms with Gasteiger partial charge in [0.2, 0.25) is 5.91 Å². The molecule has 0 spiro atoms. The maximum absolute atomic E-state index is 12.7. The summed E-state index contributed by atoms with van der Waals surface area (Å²) in [6.07, 6.45) is 1.54. The van der Waals surface area contributed by atoms with Crippen molar-refractivity contribution in [2.24, 2.45) is 0 Å². The van der Waals surface area contributed by atoms with Gasteiger partial charge >= 0.3 is 0 Å². The highest BCUT2D eigenvalue weighted by Crippen LogP contribution is 2.36. The molecule has 0 atom stereocenters. The molecule has 9 nitrogen and oxygen atoms in total. The topological polar surface area (TPSA) is 112 Å². The lowest BCUT2D eigenvalue weighted by Crippen LogP contribution is -2.29. The van der Waals surface area contributed by atoms with Gasteiger partial charge in [-0.25, -0.2) is 4.68 Å². The number of carbonyl (C=O) groups excluding carboxylic acids is 2. The lowest BCUT2D eigenvalue weighted by molar-refractivity contribution is -0.117. The lowest BCUT2D eigenvalue weighted by atomic mass is 10.2. The van der Waals surface area contributed by atoms with Crippen molar-refractivity contribution >= 4 is 34.0 Å². The number of nitrogens with one attached hydrogen (secondary N) is 2. The number of fused-ring (bicyclic) bond motifs is 1. The summed E-state index contributed by atoms with van der Waals surface area (Å²) in [7, 11) is 2.89. The summed E-state index contributed by atoms with van der Waals surface area (Å²) in [5, 5.41) is 10.8. The molecule has 172 valence electrons. The van der Waals surface area contributed by atoms with Crippen LogP contribution >= 0.6 is 0 Å². The van der Waals surface area contributed by atoms with Gasteiger partial charge in [0, 0.05) is 23.1 Å². The highest BCUT2D eigenvalue weighted by molar-refractivity contribution is 6.05. The molecule has 0 saturated carbocycles. The van der Waals surface area contributed by atoms with E-state index >= 15 is 0 Å². The molecule has 1 heterocycles. The Morgan fingerprint density at radius 3 is 2.18 bits per heavy atom. The zero-order chi connectivity index (χ0) is 24.1. The van der Waals surface area contributed by atoms with Gasteiger partial charge in [-0.3, -0.25) is 14.4 Å². The first-order chi connectivity index (χ1) is 16.5. The van der Waals surface area contributed by atoms with Gasteiger partial charge < -0.3 is 20.1 Å². The number of carbonyl (C=O) groups is 2. The van der Waals surface area contributed by atoms with E-state index in [-0.39, 0.29) is 18.0 Å². The van der Waals surface area contributed by atoms with Crippen LogP contribution in [-0.2, 0) is 11.3 Å². The molecule has 2 amide bonds. The smallest absolute Gasteiger partial charge is 0.275 e.